The minimum absolute atomic E-state index is 0.175. The van der Waals surface area contributed by atoms with E-state index in [9.17, 15) is 14.9 Å². The molecule has 0 radical (unpaired) electrons. The number of carbonyl (C=O) groups excluding carboxylic acids is 2. The van der Waals surface area contributed by atoms with Crippen molar-refractivity contribution in [2.24, 2.45) is 0 Å². The number of nitriles is 1. The first-order chi connectivity index (χ1) is 12.4. The molecule has 0 aliphatic heterocycles. The van der Waals surface area contributed by atoms with E-state index < -0.39 is 17.4 Å². The van der Waals surface area contributed by atoms with E-state index in [1.807, 2.05) is 38.1 Å². The van der Waals surface area contributed by atoms with Crippen molar-refractivity contribution >= 4 is 11.9 Å². The van der Waals surface area contributed by atoms with Gasteiger partial charge in [-0.25, -0.2) is 0 Å². The highest BCUT2D eigenvalue weighted by atomic mass is 16.5. The van der Waals surface area contributed by atoms with Gasteiger partial charge in [-0.1, -0.05) is 52.0 Å². The van der Waals surface area contributed by atoms with Crippen LogP contribution in [0.15, 0.2) is 24.3 Å². The van der Waals surface area contributed by atoms with Crippen molar-refractivity contribution in [3.05, 3.63) is 35.4 Å². The predicted octanol–water partition coefficient (Wildman–Crippen LogP) is 4.26. The molecule has 0 amide bonds. The van der Waals surface area contributed by atoms with Crippen LogP contribution in [0.3, 0.4) is 0 Å². The molecule has 1 aromatic carbocycles. The standard InChI is InChI=1S/C21H29NO4/c1-5-11-25-19(23)13-21(15-22,14-20(24)26-12-6-2)18-9-7-17(8-10-18)16(3)4/h7-10,16H,5-6,11-14H2,1-4H3. The topological polar surface area (TPSA) is 76.4 Å². The number of hydrogen-bond acceptors (Lipinski definition) is 5. The highest BCUT2D eigenvalue weighted by molar-refractivity contribution is 5.77. The SMILES string of the molecule is CCCOC(=O)CC(C#N)(CC(=O)OCCC)c1ccc(C(C)C)cc1. The van der Waals surface area contributed by atoms with Gasteiger partial charge in [0.05, 0.1) is 32.1 Å². The van der Waals surface area contributed by atoms with Crippen molar-refractivity contribution < 1.29 is 19.1 Å². The predicted molar refractivity (Wildman–Crippen MR) is 99.6 cm³/mol. The van der Waals surface area contributed by atoms with Gasteiger partial charge < -0.3 is 9.47 Å². The second-order valence-corrected chi connectivity index (χ2v) is 6.77. The number of esters is 2. The first kappa shape index (κ1) is 21.7. The molecule has 26 heavy (non-hydrogen) atoms. The Morgan fingerprint density at radius 2 is 1.46 bits per heavy atom. The molecule has 5 heteroatoms. The summed E-state index contributed by atoms with van der Waals surface area (Å²) in [6.07, 6.45) is 1.05. The second kappa shape index (κ2) is 10.6. The van der Waals surface area contributed by atoms with E-state index in [1.165, 1.54) is 0 Å². The van der Waals surface area contributed by atoms with Crippen LogP contribution in [0.5, 0.6) is 0 Å². The molecule has 0 aliphatic rings. The molecule has 142 valence electrons. The average Bonchev–Trinajstić information content (AvgIpc) is 2.64. The number of hydrogen-bond donors (Lipinski definition) is 0. The lowest BCUT2D eigenvalue weighted by Gasteiger charge is -2.26. The molecule has 0 fully saturated rings. The van der Waals surface area contributed by atoms with Crippen LogP contribution < -0.4 is 0 Å². The Balaban J connectivity index is 3.14. The molecule has 0 saturated carbocycles. The minimum Gasteiger partial charge on any atom is -0.466 e. The third kappa shape index (κ3) is 6.18. The third-order valence-corrected chi connectivity index (χ3v) is 4.17. The van der Waals surface area contributed by atoms with Gasteiger partial charge in [-0.2, -0.15) is 5.26 Å². The molecule has 0 heterocycles. The summed E-state index contributed by atoms with van der Waals surface area (Å²) < 4.78 is 10.3. The second-order valence-electron chi connectivity index (χ2n) is 6.77. The molecule has 0 aromatic heterocycles. The van der Waals surface area contributed by atoms with Gasteiger partial charge in [-0.05, 0) is 29.9 Å². The maximum Gasteiger partial charge on any atom is 0.307 e. The van der Waals surface area contributed by atoms with E-state index in [2.05, 4.69) is 19.9 Å². The molecule has 0 unspecified atom stereocenters. The zero-order valence-electron chi connectivity index (χ0n) is 16.2. The summed E-state index contributed by atoms with van der Waals surface area (Å²) in [4.78, 5) is 24.4. The maximum atomic E-state index is 12.2. The highest BCUT2D eigenvalue weighted by Crippen LogP contribution is 2.33. The van der Waals surface area contributed by atoms with Crippen molar-refractivity contribution in [3.8, 4) is 6.07 Å². The van der Waals surface area contributed by atoms with E-state index in [-0.39, 0.29) is 12.8 Å². The maximum absolute atomic E-state index is 12.2. The fraction of sp³-hybridized carbons (Fsp3) is 0.571. The van der Waals surface area contributed by atoms with E-state index in [4.69, 9.17) is 9.47 Å². The molecule has 0 saturated heterocycles. The van der Waals surface area contributed by atoms with Crippen molar-refractivity contribution in [3.63, 3.8) is 0 Å². The summed E-state index contributed by atoms with van der Waals surface area (Å²) in [5.74, 6) is -0.612. The van der Waals surface area contributed by atoms with E-state index in [0.717, 1.165) is 5.56 Å². The van der Waals surface area contributed by atoms with Crippen LogP contribution in [0, 0.1) is 11.3 Å². The first-order valence-electron chi connectivity index (χ1n) is 9.21. The molecule has 0 N–H and O–H groups in total. The van der Waals surface area contributed by atoms with Crippen LogP contribution in [0.2, 0.25) is 0 Å². The average molecular weight is 359 g/mol. The smallest absolute Gasteiger partial charge is 0.307 e. The summed E-state index contributed by atoms with van der Waals surface area (Å²) in [5.41, 5.74) is 0.472. The van der Waals surface area contributed by atoms with Crippen LogP contribution in [-0.4, -0.2) is 25.2 Å². The Labute approximate surface area is 156 Å². The van der Waals surface area contributed by atoms with E-state index in [1.54, 1.807) is 0 Å². The van der Waals surface area contributed by atoms with Gasteiger partial charge in [0, 0.05) is 0 Å². The zero-order chi connectivity index (χ0) is 19.6. The molecule has 1 rings (SSSR count). The lowest BCUT2D eigenvalue weighted by atomic mass is 9.75. The van der Waals surface area contributed by atoms with Crippen LogP contribution in [0.1, 0.15) is 70.4 Å². The van der Waals surface area contributed by atoms with Crippen molar-refractivity contribution in [1.29, 1.82) is 5.26 Å². The summed E-state index contributed by atoms with van der Waals surface area (Å²) in [5, 5.41) is 9.89. The largest absolute Gasteiger partial charge is 0.466 e. The Kier molecular flexibility index (Phi) is 8.84. The molecule has 0 spiro atoms. The van der Waals surface area contributed by atoms with Crippen LogP contribution in [0.4, 0.5) is 0 Å². The molecule has 5 nitrogen and oxygen atoms in total. The van der Waals surface area contributed by atoms with Gasteiger partial charge in [0.2, 0.25) is 0 Å². The fourth-order valence-corrected chi connectivity index (χ4v) is 2.62. The van der Waals surface area contributed by atoms with Crippen molar-refractivity contribution in [2.45, 2.75) is 64.7 Å². The third-order valence-electron chi connectivity index (χ3n) is 4.17. The molecule has 0 bridgehead atoms. The summed E-state index contributed by atoms with van der Waals surface area (Å²) in [6, 6.07) is 9.69. The molecular formula is C21H29NO4. The molecule has 1 aromatic rings. The van der Waals surface area contributed by atoms with Gasteiger partial charge in [0.25, 0.3) is 0 Å². The minimum atomic E-state index is -1.29. The van der Waals surface area contributed by atoms with Gasteiger partial charge in [0.15, 0.2) is 0 Å². The number of ether oxygens (including phenoxy) is 2. The van der Waals surface area contributed by atoms with Gasteiger partial charge >= 0.3 is 11.9 Å². The molecule has 0 atom stereocenters. The van der Waals surface area contributed by atoms with Gasteiger partial charge in [0.1, 0.15) is 5.41 Å². The summed E-state index contributed by atoms with van der Waals surface area (Å²) in [7, 11) is 0. The van der Waals surface area contributed by atoms with Crippen molar-refractivity contribution in [1.82, 2.24) is 0 Å². The number of benzene rings is 1. The zero-order valence-corrected chi connectivity index (χ0v) is 16.2. The molecular weight excluding hydrogens is 330 g/mol. The normalized spacial score (nSPS) is 11.1. The lowest BCUT2D eigenvalue weighted by Crippen LogP contribution is -2.32. The van der Waals surface area contributed by atoms with Crippen LogP contribution >= 0.6 is 0 Å². The first-order valence-corrected chi connectivity index (χ1v) is 9.21. The Hall–Kier alpha value is -2.35. The Bertz CT molecular complexity index is 606. The quantitative estimate of drug-likeness (QED) is 0.583. The van der Waals surface area contributed by atoms with Gasteiger partial charge in [-0.15, -0.1) is 0 Å². The van der Waals surface area contributed by atoms with Crippen LogP contribution in [0.25, 0.3) is 0 Å². The van der Waals surface area contributed by atoms with Crippen molar-refractivity contribution in [2.75, 3.05) is 13.2 Å². The Morgan fingerprint density at radius 1 is 1.00 bits per heavy atom. The van der Waals surface area contributed by atoms with E-state index >= 15 is 0 Å². The van der Waals surface area contributed by atoms with Gasteiger partial charge in [-0.3, -0.25) is 9.59 Å². The van der Waals surface area contributed by atoms with E-state index in [0.29, 0.717) is 37.5 Å². The Morgan fingerprint density at radius 3 is 1.81 bits per heavy atom. The molecule has 0 aliphatic carbocycles. The lowest BCUT2D eigenvalue weighted by molar-refractivity contribution is -0.147. The monoisotopic (exact) mass is 359 g/mol. The number of nitrogens with zero attached hydrogens (tertiary/aromatic N) is 1. The van der Waals surface area contributed by atoms with Crippen LogP contribution in [-0.2, 0) is 24.5 Å². The summed E-state index contributed by atoms with van der Waals surface area (Å²) >= 11 is 0. The summed E-state index contributed by atoms with van der Waals surface area (Å²) in [6.45, 7) is 8.56. The number of rotatable bonds is 10. The number of carbonyl (C=O) groups is 2. The fourth-order valence-electron chi connectivity index (χ4n) is 2.62. The highest BCUT2D eigenvalue weighted by Gasteiger charge is 2.39.